The monoisotopic (exact) mass is 322 g/mol. The molecule has 0 aromatic carbocycles. The highest BCUT2D eigenvalue weighted by Crippen LogP contribution is 2.38. The van der Waals surface area contributed by atoms with Crippen LogP contribution in [-0.4, -0.2) is 5.11 Å². The van der Waals surface area contributed by atoms with Crippen LogP contribution in [0.3, 0.4) is 0 Å². The van der Waals surface area contributed by atoms with E-state index in [1.165, 1.54) is 16.2 Å². The van der Waals surface area contributed by atoms with Gasteiger partial charge < -0.3 is 5.11 Å². The van der Waals surface area contributed by atoms with E-state index in [0.29, 0.717) is 4.34 Å². The first-order chi connectivity index (χ1) is 7.08. The summed E-state index contributed by atoms with van der Waals surface area (Å²) >= 11 is 12.3. The van der Waals surface area contributed by atoms with Crippen LogP contribution >= 0.6 is 50.2 Å². The molecule has 2 rings (SSSR count). The zero-order valence-electron chi connectivity index (χ0n) is 7.83. The molecule has 0 spiro atoms. The summed E-state index contributed by atoms with van der Waals surface area (Å²) in [5.41, 5.74) is 0.933. The summed E-state index contributed by atoms with van der Waals surface area (Å²) in [6, 6.07) is 3.86. The van der Waals surface area contributed by atoms with Crippen molar-refractivity contribution in [3.63, 3.8) is 0 Å². The number of aliphatic hydroxyl groups is 1. The van der Waals surface area contributed by atoms with Crippen molar-refractivity contribution < 1.29 is 5.11 Å². The Morgan fingerprint density at radius 1 is 1.47 bits per heavy atom. The van der Waals surface area contributed by atoms with Gasteiger partial charge in [0, 0.05) is 14.2 Å². The molecule has 2 aromatic heterocycles. The van der Waals surface area contributed by atoms with Gasteiger partial charge in [0.15, 0.2) is 0 Å². The van der Waals surface area contributed by atoms with Gasteiger partial charge in [0.2, 0.25) is 0 Å². The van der Waals surface area contributed by atoms with Gasteiger partial charge in [0.1, 0.15) is 10.4 Å². The third-order valence-electron chi connectivity index (χ3n) is 2.00. The lowest BCUT2D eigenvalue weighted by Crippen LogP contribution is -1.93. The fourth-order valence-corrected chi connectivity index (χ4v) is 3.74. The summed E-state index contributed by atoms with van der Waals surface area (Å²) in [5, 5.41) is 12.1. The lowest BCUT2D eigenvalue weighted by molar-refractivity contribution is 0.224. The van der Waals surface area contributed by atoms with Crippen LogP contribution in [0.2, 0.25) is 4.34 Å². The highest BCUT2D eigenvalue weighted by molar-refractivity contribution is 9.10. The predicted molar refractivity (Wildman–Crippen MR) is 70.1 cm³/mol. The van der Waals surface area contributed by atoms with Crippen LogP contribution < -0.4 is 0 Å². The number of hydrogen-bond donors (Lipinski definition) is 1. The summed E-state index contributed by atoms with van der Waals surface area (Å²) < 4.78 is 1.52. The third kappa shape index (κ3) is 2.45. The Balaban J connectivity index is 2.31. The van der Waals surface area contributed by atoms with E-state index in [2.05, 4.69) is 15.9 Å². The van der Waals surface area contributed by atoms with Crippen LogP contribution in [0, 0.1) is 6.92 Å². The highest BCUT2D eigenvalue weighted by Gasteiger charge is 2.16. The molecule has 1 N–H and O–H groups in total. The Bertz CT molecular complexity index is 458. The second-order valence-electron chi connectivity index (χ2n) is 3.16. The first-order valence-electron chi connectivity index (χ1n) is 4.25. The quantitative estimate of drug-likeness (QED) is 0.855. The van der Waals surface area contributed by atoms with Crippen LogP contribution in [0.15, 0.2) is 22.0 Å². The van der Waals surface area contributed by atoms with Gasteiger partial charge in [0.25, 0.3) is 0 Å². The molecular formula is C10H8BrClOS2. The fraction of sp³-hybridized carbons (Fsp3) is 0.200. The Morgan fingerprint density at radius 2 is 2.20 bits per heavy atom. The molecule has 0 saturated carbocycles. The van der Waals surface area contributed by atoms with Gasteiger partial charge in [-0.05, 0) is 45.9 Å². The molecule has 0 saturated heterocycles. The maximum Gasteiger partial charge on any atom is 0.114 e. The molecule has 15 heavy (non-hydrogen) atoms. The van der Waals surface area contributed by atoms with E-state index in [9.17, 15) is 5.11 Å². The van der Waals surface area contributed by atoms with Crippen molar-refractivity contribution in [2.75, 3.05) is 0 Å². The van der Waals surface area contributed by atoms with Gasteiger partial charge in [-0.3, -0.25) is 0 Å². The second kappa shape index (κ2) is 4.55. The van der Waals surface area contributed by atoms with E-state index in [0.717, 1.165) is 14.9 Å². The number of hydrogen-bond acceptors (Lipinski definition) is 3. The molecule has 0 aliphatic heterocycles. The normalized spacial score (nSPS) is 13.1. The highest BCUT2D eigenvalue weighted by atomic mass is 79.9. The summed E-state index contributed by atoms with van der Waals surface area (Å²) in [7, 11) is 0. The van der Waals surface area contributed by atoms with E-state index in [4.69, 9.17) is 11.6 Å². The first kappa shape index (κ1) is 11.6. The standard InChI is InChI=1S/C10H8BrClOS2/c1-5-2-6(4-14-5)9(13)8-3-7(11)10(12)15-8/h2-4,9,13H,1H3. The molecular weight excluding hydrogens is 316 g/mol. The van der Waals surface area contributed by atoms with Crippen LogP contribution in [0.25, 0.3) is 0 Å². The zero-order valence-corrected chi connectivity index (χ0v) is 11.8. The molecule has 1 nitrogen and oxygen atoms in total. The summed E-state index contributed by atoms with van der Waals surface area (Å²) in [6.07, 6.45) is -0.566. The molecule has 2 heterocycles. The fourth-order valence-electron chi connectivity index (χ4n) is 1.27. The Kier molecular flexibility index (Phi) is 3.52. The Hall–Kier alpha value is 0.130. The van der Waals surface area contributed by atoms with Gasteiger partial charge in [-0.1, -0.05) is 11.6 Å². The van der Waals surface area contributed by atoms with Crippen molar-refractivity contribution in [2.24, 2.45) is 0 Å². The first-order valence-corrected chi connectivity index (χ1v) is 7.12. The molecule has 0 aliphatic rings. The average Bonchev–Trinajstić information content (AvgIpc) is 2.74. The van der Waals surface area contributed by atoms with Crippen molar-refractivity contribution >= 4 is 50.2 Å². The topological polar surface area (TPSA) is 20.2 Å². The smallest absolute Gasteiger partial charge is 0.114 e. The van der Waals surface area contributed by atoms with Crippen LogP contribution in [0.1, 0.15) is 21.4 Å². The number of aliphatic hydroxyl groups excluding tert-OH is 1. The minimum absolute atomic E-state index is 0.566. The third-order valence-corrected chi connectivity index (χ3v) is 5.41. The maximum atomic E-state index is 10.1. The molecule has 1 unspecified atom stereocenters. The van der Waals surface area contributed by atoms with Crippen molar-refractivity contribution in [3.8, 4) is 0 Å². The van der Waals surface area contributed by atoms with Crippen molar-refractivity contribution in [3.05, 3.63) is 41.6 Å². The van der Waals surface area contributed by atoms with Gasteiger partial charge in [0.05, 0.1) is 0 Å². The van der Waals surface area contributed by atoms with E-state index < -0.39 is 6.10 Å². The van der Waals surface area contributed by atoms with Crippen LogP contribution in [0.5, 0.6) is 0 Å². The van der Waals surface area contributed by atoms with Crippen molar-refractivity contribution in [1.29, 1.82) is 0 Å². The maximum absolute atomic E-state index is 10.1. The molecule has 1 atom stereocenters. The number of aryl methyl sites for hydroxylation is 1. The predicted octanol–water partition coefficient (Wildman–Crippen LogP) is 4.62. The lowest BCUT2D eigenvalue weighted by Gasteiger charge is -2.04. The minimum atomic E-state index is -0.566. The van der Waals surface area contributed by atoms with Gasteiger partial charge in [-0.15, -0.1) is 22.7 Å². The van der Waals surface area contributed by atoms with Crippen molar-refractivity contribution in [1.82, 2.24) is 0 Å². The number of rotatable bonds is 2. The zero-order chi connectivity index (χ0) is 11.0. The summed E-state index contributed by atoms with van der Waals surface area (Å²) in [6.45, 7) is 2.03. The van der Waals surface area contributed by atoms with Gasteiger partial charge >= 0.3 is 0 Å². The van der Waals surface area contributed by atoms with Gasteiger partial charge in [-0.25, -0.2) is 0 Å². The molecule has 0 aliphatic carbocycles. The number of halogens is 2. The Labute approximate surface area is 109 Å². The molecule has 0 radical (unpaired) electrons. The van der Waals surface area contributed by atoms with Crippen LogP contribution in [0.4, 0.5) is 0 Å². The molecule has 0 bridgehead atoms. The van der Waals surface area contributed by atoms with Gasteiger partial charge in [-0.2, -0.15) is 0 Å². The number of thiophene rings is 2. The second-order valence-corrected chi connectivity index (χ2v) is 6.82. The minimum Gasteiger partial charge on any atom is -0.383 e. The van der Waals surface area contributed by atoms with E-state index in [-0.39, 0.29) is 0 Å². The van der Waals surface area contributed by atoms with Crippen molar-refractivity contribution in [2.45, 2.75) is 13.0 Å². The largest absolute Gasteiger partial charge is 0.383 e. The molecule has 80 valence electrons. The van der Waals surface area contributed by atoms with E-state index in [1.54, 1.807) is 11.3 Å². The van der Waals surface area contributed by atoms with E-state index in [1.807, 2.05) is 24.4 Å². The molecule has 0 amide bonds. The lowest BCUT2D eigenvalue weighted by atomic mass is 10.1. The Morgan fingerprint density at radius 3 is 2.67 bits per heavy atom. The molecule has 5 heteroatoms. The van der Waals surface area contributed by atoms with E-state index >= 15 is 0 Å². The summed E-state index contributed by atoms with van der Waals surface area (Å²) in [5.74, 6) is 0. The average molecular weight is 324 g/mol. The SMILES string of the molecule is Cc1cc(C(O)c2cc(Br)c(Cl)s2)cs1. The summed E-state index contributed by atoms with van der Waals surface area (Å²) in [4.78, 5) is 2.07. The molecule has 2 aromatic rings. The van der Waals surface area contributed by atoms with Crippen LogP contribution in [-0.2, 0) is 0 Å². The molecule has 0 fully saturated rings.